The second kappa shape index (κ2) is 5.89. The van der Waals surface area contributed by atoms with Crippen LogP contribution >= 0.6 is 31.9 Å². The van der Waals surface area contributed by atoms with Crippen LogP contribution in [0.5, 0.6) is 0 Å². The van der Waals surface area contributed by atoms with E-state index in [1.165, 1.54) is 33.4 Å². The van der Waals surface area contributed by atoms with E-state index in [1.807, 2.05) is 0 Å². The van der Waals surface area contributed by atoms with Gasteiger partial charge in [0.1, 0.15) is 0 Å². The summed E-state index contributed by atoms with van der Waals surface area (Å²) in [5.74, 6) is 0. The monoisotopic (exact) mass is 408 g/mol. The molecular weight excluding hydrogens is 388 g/mol. The Bertz CT molecular complexity index is 591. The Labute approximate surface area is 145 Å². The molecule has 0 spiro atoms. The van der Waals surface area contributed by atoms with Gasteiger partial charge in [0.25, 0.3) is 0 Å². The van der Waals surface area contributed by atoms with Crippen molar-refractivity contribution in [1.29, 1.82) is 0 Å². The summed E-state index contributed by atoms with van der Waals surface area (Å²) >= 11 is 7.34. The van der Waals surface area contributed by atoms with Crippen molar-refractivity contribution in [3.63, 3.8) is 0 Å². The molecule has 0 aliphatic rings. The fourth-order valence-electron chi connectivity index (χ4n) is 2.57. The molecular formula is C19H22Br2. The van der Waals surface area contributed by atoms with Gasteiger partial charge in [-0.05, 0) is 73.2 Å². The van der Waals surface area contributed by atoms with E-state index in [4.69, 9.17) is 0 Å². The molecule has 0 N–H and O–H groups in total. The highest BCUT2D eigenvalue weighted by molar-refractivity contribution is 9.11. The molecule has 0 atom stereocenters. The van der Waals surface area contributed by atoms with E-state index >= 15 is 0 Å². The van der Waals surface area contributed by atoms with E-state index in [2.05, 4.69) is 97.7 Å². The molecule has 0 bridgehead atoms. The van der Waals surface area contributed by atoms with Gasteiger partial charge in [0.05, 0.1) is 0 Å². The Balaban J connectivity index is 2.61. The molecule has 0 saturated carbocycles. The lowest BCUT2D eigenvalue weighted by molar-refractivity contribution is 0.638. The minimum Gasteiger partial charge on any atom is -0.0549 e. The van der Waals surface area contributed by atoms with Gasteiger partial charge in [-0.25, -0.2) is 0 Å². The summed E-state index contributed by atoms with van der Waals surface area (Å²) in [6.45, 7) is 13.3. The van der Waals surface area contributed by atoms with Crippen LogP contribution in [0.15, 0.2) is 33.2 Å². The van der Waals surface area contributed by atoms with Gasteiger partial charge in [-0.15, -0.1) is 0 Å². The highest BCUT2D eigenvalue weighted by atomic mass is 79.9. The molecule has 0 unspecified atom stereocenters. The van der Waals surface area contributed by atoms with E-state index in [-0.39, 0.29) is 5.41 Å². The Hall–Kier alpha value is -0.600. The Morgan fingerprint density at radius 2 is 1.05 bits per heavy atom. The molecule has 0 heterocycles. The van der Waals surface area contributed by atoms with E-state index in [0.29, 0.717) is 0 Å². The Morgan fingerprint density at radius 3 is 1.48 bits per heavy atom. The molecule has 2 rings (SSSR count). The molecule has 0 aromatic heterocycles. The lowest BCUT2D eigenvalue weighted by Gasteiger charge is -2.28. The van der Waals surface area contributed by atoms with Crippen molar-refractivity contribution < 1.29 is 0 Å². The third kappa shape index (κ3) is 3.12. The minimum atomic E-state index is -0.0258. The van der Waals surface area contributed by atoms with Gasteiger partial charge in [0.2, 0.25) is 0 Å². The van der Waals surface area contributed by atoms with Crippen molar-refractivity contribution in [3.8, 4) is 0 Å². The van der Waals surface area contributed by atoms with Crippen LogP contribution in [0.3, 0.4) is 0 Å². The minimum absolute atomic E-state index is 0.0258. The third-order valence-corrected chi connectivity index (χ3v) is 6.30. The van der Waals surface area contributed by atoms with Crippen LogP contribution in [0.2, 0.25) is 0 Å². The second-order valence-corrected chi connectivity index (χ2v) is 8.13. The summed E-state index contributed by atoms with van der Waals surface area (Å²) in [7, 11) is 0. The van der Waals surface area contributed by atoms with Crippen LogP contribution in [0.4, 0.5) is 0 Å². The maximum absolute atomic E-state index is 3.67. The lowest BCUT2D eigenvalue weighted by Crippen LogP contribution is -2.20. The summed E-state index contributed by atoms with van der Waals surface area (Å²) in [5, 5.41) is 0. The van der Waals surface area contributed by atoms with Crippen LogP contribution in [0.25, 0.3) is 0 Å². The lowest BCUT2D eigenvalue weighted by atomic mass is 9.76. The molecule has 0 radical (unpaired) electrons. The summed E-state index contributed by atoms with van der Waals surface area (Å²) in [5.41, 5.74) is 8.01. The molecule has 0 amide bonds. The van der Waals surface area contributed by atoms with Crippen molar-refractivity contribution >= 4 is 31.9 Å². The fraction of sp³-hybridized carbons (Fsp3) is 0.368. The van der Waals surface area contributed by atoms with Gasteiger partial charge in [-0.3, -0.25) is 0 Å². The molecule has 2 aromatic rings. The Kier molecular flexibility index (Phi) is 4.70. The van der Waals surface area contributed by atoms with Gasteiger partial charge in [-0.1, -0.05) is 57.8 Å². The summed E-state index contributed by atoms with van der Waals surface area (Å²) in [4.78, 5) is 0. The van der Waals surface area contributed by atoms with E-state index in [1.54, 1.807) is 0 Å². The van der Waals surface area contributed by atoms with E-state index in [0.717, 1.165) is 8.95 Å². The zero-order valence-corrected chi connectivity index (χ0v) is 16.7. The predicted octanol–water partition coefficient (Wildman–Crippen LogP) is 6.77. The van der Waals surface area contributed by atoms with E-state index < -0.39 is 0 Å². The Morgan fingerprint density at radius 1 is 0.667 bits per heavy atom. The standard InChI is InChI=1S/C19H22Br2/c1-11-7-15(8-12(2)13(11)3)19(5,6)16-9-17(20)14(4)18(21)10-16/h7-10H,1-6H3. The van der Waals surface area contributed by atoms with Crippen molar-refractivity contribution in [3.05, 3.63) is 66.6 Å². The second-order valence-electron chi connectivity index (χ2n) is 6.42. The van der Waals surface area contributed by atoms with Gasteiger partial charge in [0, 0.05) is 14.4 Å². The summed E-state index contributed by atoms with van der Waals surface area (Å²) in [6.07, 6.45) is 0. The highest BCUT2D eigenvalue weighted by Crippen LogP contribution is 2.37. The van der Waals surface area contributed by atoms with Crippen molar-refractivity contribution in [1.82, 2.24) is 0 Å². The highest BCUT2D eigenvalue weighted by Gasteiger charge is 2.25. The zero-order valence-electron chi connectivity index (χ0n) is 13.6. The first-order valence-electron chi connectivity index (χ1n) is 7.19. The maximum atomic E-state index is 3.67. The van der Waals surface area contributed by atoms with Gasteiger partial charge in [0.15, 0.2) is 0 Å². The van der Waals surface area contributed by atoms with Crippen molar-refractivity contribution in [2.24, 2.45) is 0 Å². The first kappa shape index (κ1) is 16.8. The van der Waals surface area contributed by atoms with Gasteiger partial charge < -0.3 is 0 Å². The van der Waals surface area contributed by atoms with Crippen molar-refractivity contribution in [2.45, 2.75) is 47.0 Å². The smallest absolute Gasteiger partial charge is 0.0218 e. The third-order valence-electron chi connectivity index (χ3n) is 4.65. The maximum Gasteiger partial charge on any atom is 0.0218 e. The molecule has 0 saturated heterocycles. The summed E-state index contributed by atoms with van der Waals surface area (Å²) in [6, 6.07) is 9.13. The number of halogens is 2. The first-order valence-corrected chi connectivity index (χ1v) is 8.77. The van der Waals surface area contributed by atoms with Crippen LogP contribution in [0, 0.1) is 27.7 Å². The van der Waals surface area contributed by atoms with Crippen molar-refractivity contribution in [2.75, 3.05) is 0 Å². The topological polar surface area (TPSA) is 0 Å². The van der Waals surface area contributed by atoms with Crippen LogP contribution < -0.4 is 0 Å². The van der Waals surface area contributed by atoms with Crippen LogP contribution in [-0.2, 0) is 5.41 Å². The average Bonchev–Trinajstić information content (AvgIpc) is 2.40. The molecule has 0 aliphatic heterocycles. The molecule has 0 fully saturated rings. The molecule has 21 heavy (non-hydrogen) atoms. The first-order chi connectivity index (χ1) is 9.64. The van der Waals surface area contributed by atoms with Gasteiger partial charge >= 0.3 is 0 Å². The largest absolute Gasteiger partial charge is 0.0549 e. The average molecular weight is 410 g/mol. The summed E-state index contributed by atoms with van der Waals surface area (Å²) < 4.78 is 2.31. The molecule has 0 nitrogen and oxygen atoms in total. The number of hydrogen-bond acceptors (Lipinski definition) is 0. The molecule has 2 heteroatoms. The zero-order chi connectivity index (χ0) is 15.9. The number of hydrogen-bond donors (Lipinski definition) is 0. The van der Waals surface area contributed by atoms with Crippen LogP contribution in [-0.4, -0.2) is 0 Å². The SMILES string of the molecule is Cc1cc(C(C)(C)c2cc(Br)c(C)c(Br)c2)cc(C)c1C. The van der Waals surface area contributed by atoms with E-state index in [9.17, 15) is 0 Å². The fourth-order valence-corrected chi connectivity index (χ4v) is 3.76. The predicted molar refractivity (Wildman–Crippen MR) is 99.4 cm³/mol. The molecule has 2 aromatic carbocycles. The molecule has 112 valence electrons. The number of benzene rings is 2. The number of aryl methyl sites for hydroxylation is 2. The quantitative estimate of drug-likeness (QED) is 0.513. The molecule has 0 aliphatic carbocycles. The van der Waals surface area contributed by atoms with Crippen LogP contribution in [0.1, 0.15) is 47.2 Å². The normalized spacial score (nSPS) is 11.8. The van der Waals surface area contributed by atoms with Gasteiger partial charge in [-0.2, -0.15) is 0 Å². The number of rotatable bonds is 2.